The average Bonchev–Trinajstić information content (AvgIpc) is 3.98. The molecule has 0 aliphatic rings. The van der Waals surface area contributed by atoms with E-state index in [2.05, 4.69) is 59.2 Å². The van der Waals surface area contributed by atoms with E-state index in [0.29, 0.717) is 62.7 Å². The molecule has 0 aliphatic carbocycles. The van der Waals surface area contributed by atoms with E-state index in [1.807, 2.05) is 144 Å². The Morgan fingerprint density at radius 2 is 0.765 bits per heavy atom. The van der Waals surface area contributed by atoms with Crippen molar-refractivity contribution in [1.82, 2.24) is 39.0 Å². The summed E-state index contributed by atoms with van der Waals surface area (Å²) in [4.78, 5) is 31.3. The minimum atomic E-state index is -0.450. The van der Waals surface area contributed by atoms with Crippen LogP contribution in [0.5, 0.6) is 0 Å². The molecule has 68 heavy (non-hydrogen) atoms. The third kappa shape index (κ3) is 6.62. The Labute approximate surface area is 398 Å². The second-order valence-electron chi connectivity index (χ2n) is 16.3. The molecule has 0 bridgehead atoms. The van der Waals surface area contributed by atoms with Crippen molar-refractivity contribution in [3.05, 3.63) is 230 Å². The van der Waals surface area contributed by atoms with E-state index in [4.69, 9.17) is 36.8 Å². The fraction of sp³-hybridized carbons (Fsp3) is 0. The fourth-order valence-corrected chi connectivity index (χ4v) is 9.30. The van der Waals surface area contributed by atoms with Crippen LogP contribution in [0.1, 0.15) is 6.85 Å². The highest BCUT2D eigenvalue weighted by Gasteiger charge is 2.23. The number of benzene rings is 9. The monoisotopic (exact) mass is 875 g/mol. The van der Waals surface area contributed by atoms with Crippen LogP contribution >= 0.6 is 0 Å². The van der Waals surface area contributed by atoms with E-state index >= 15 is 0 Å². The summed E-state index contributed by atoms with van der Waals surface area (Å²) in [6.45, 7) is 0. The SMILES string of the molecule is [2H]c1c([2H])c([2H])c(-c2cccc3c2c2ccccc2n3-c2nc(-c3ccccc3)nc(-c3ccc(-n4c5ccccc5c5ccccc54)c(-c4nc(-c5ccccc5)nc(-c5ccccc5)n4)c3)n2)c([2H])c1[2H]. The highest BCUT2D eigenvalue weighted by molar-refractivity contribution is 6.15. The van der Waals surface area contributed by atoms with Gasteiger partial charge in [0, 0.05) is 49.4 Å². The highest BCUT2D eigenvalue weighted by atomic mass is 15.2. The summed E-state index contributed by atoms with van der Waals surface area (Å²) < 4.78 is 47.6. The van der Waals surface area contributed by atoms with Crippen LogP contribution in [0, 0.1) is 0 Å². The quantitative estimate of drug-likeness (QED) is 0.151. The second-order valence-corrected chi connectivity index (χ2v) is 16.3. The summed E-state index contributed by atoms with van der Waals surface area (Å²) in [5, 5.41) is 3.69. The minimum absolute atomic E-state index is 0.112. The first kappa shape index (κ1) is 34.0. The summed E-state index contributed by atoms with van der Waals surface area (Å²) >= 11 is 0. The van der Waals surface area contributed by atoms with Crippen molar-refractivity contribution in [2.24, 2.45) is 0 Å². The van der Waals surface area contributed by atoms with E-state index in [-0.39, 0.29) is 17.6 Å². The van der Waals surface area contributed by atoms with Crippen molar-refractivity contribution in [1.29, 1.82) is 0 Å². The largest absolute Gasteiger partial charge is 0.309 e. The second kappa shape index (κ2) is 16.2. The Morgan fingerprint density at radius 1 is 0.309 bits per heavy atom. The molecule has 0 unspecified atom stereocenters. The number of nitrogens with zero attached hydrogens (tertiary/aromatic N) is 8. The van der Waals surface area contributed by atoms with E-state index in [0.717, 1.165) is 55.1 Å². The van der Waals surface area contributed by atoms with Crippen LogP contribution in [-0.2, 0) is 0 Å². The number of hydrogen-bond donors (Lipinski definition) is 0. The maximum atomic E-state index is 8.98. The molecule has 4 heterocycles. The first-order valence-electron chi connectivity index (χ1n) is 24.7. The Balaban J connectivity index is 1.10. The van der Waals surface area contributed by atoms with Crippen molar-refractivity contribution in [3.8, 4) is 79.7 Å². The molecule has 8 heteroatoms. The van der Waals surface area contributed by atoms with Gasteiger partial charge in [-0.2, -0.15) is 9.97 Å². The summed E-state index contributed by atoms with van der Waals surface area (Å²) in [5.41, 5.74) is 8.74. The molecule has 0 saturated heterocycles. The van der Waals surface area contributed by atoms with Crippen molar-refractivity contribution in [2.75, 3.05) is 0 Å². The molecule has 0 spiro atoms. The molecule has 13 aromatic rings. The molecule has 318 valence electrons. The number of hydrogen-bond acceptors (Lipinski definition) is 6. The maximum Gasteiger partial charge on any atom is 0.238 e. The van der Waals surface area contributed by atoms with Gasteiger partial charge in [0.2, 0.25) is 5.95 Å². The van der Waals surface area contributed by atoms with Crippen LogP contribution in [0.15, 0.2) is 230 Å². The van der Waals surface area contributed by atoms with Gasteiger partial charge in [0.1, 0.15) is 0 Å². The molecule has 0 radical (unpaired) electrons. The summed E-state index contributed by atoms with van der Waals surface area (Å²) in [6.07, 6.45) is 0. The van der Waals surface area contributed by atoms with Gasteiger partial charge < -0.3 is 4.57 Å². The number of rotatable bonds is 8. The maximum absolute atomic E-state index is 8.98. The lowest BCUT2D eigenvalue weighted by Gasteiger charge is -2.16. The smallest absolute Gasteiger partial charge is 0.238 e. The van der Waals surface area contributed by atoms with Crippen molar-refractivity contribution >= 4 is 43.6 Å². The predicted octanol–water partition coefficient (Wildman–Crippen LogP) is 14.3. The van der Waals surface area contributed by atoms with Gasteiger partial charge in [-0.3, -0.25) is 4.57 Å². The molecular weight excluding hydrogens is 833 g/mol. The summed E-state index contributed by atoms with van der Waals surface area (Å²) in [6, 6.07) is 64.0. The van der Waals surface area contributed by atoms with Gasteiger partial charge in [-0.05, 0) is 53.6 Å². The Bertz CT molecular complexity index is 4190. The van der Waals surface area contributed by atoms with E-state index < -0.39 is 18.1 Å². The molecule has 0 amide bonds. The lowest BCUT2D eigenvalue weighted by molar-refractivity contribution is 0.953. The Hall–Kier alpha value is -9.40. The third-order valence-corrected chi connectivity index (χ3v) is 12.3. The summed E-state index contributed by atoms with van der Waals surface area (Å²) in [5.74, 6) is 2.62. The third-order valence-electron chi connectivity index (χ3n) is 12.3. The van der Waals surface area contributed by atoms with Crippen LogP contribution in [0.25, 0.3) is 123 Å². The number of aromatic nitrogens is 8. The van der Waals surface area contributed by atoms with Gasteiger partial charge in [-0.15, -0.1) is 0 Å². The van der Waals surface area contributed by atoms with E-state index in [9.17, 15) is 0 Å². The summed E-state index contributed by atoms with van der Waals surface area (Å²) in [7, 11) is 0. The Morgan fingerprint density at radius 3 is 1.34 bits per heavy atom. The molecule has 0 saturated carbocycles. The molecule has 13 rings (SSSR count). The lowest BCUT2D eigenvalue weighted by Crippen LogP contribution is -2.07. The predicted molar refractivity (Wildman–Crippen MR) is 275 cm³/mol. The van der Waals surface area contributed by atoms with Crippen LogP contribution < -0.4 is 0 Å². The van der Waals surface area contributed by atoms with Crippen LogP contribution in [0.2, 0.25) is 0 Å². The fourth-order valence-electron chi connectivity index (χ4n) is 9.30. The molecular formula is C60H38N8. The normalized spacial score (nSPS) is 12.6. The van der Waals surface area contributed by atoms with Gasteiger partial charge in [-0.25, -0.2) is 19.9 Å². The molecule has 0 fully saturated rings. The van der Waals surface area contributed by atoms with Crippen LogP contribution in [-0.4, -0.2) is 39.0 Å². The molecule has 8 nitrogen and oxygen atoms in total. The minimum Gasteiger partial charge on any atom is -0.309 e. The Kier molecular flexibility index (Phi) is 8.12. The molecule has 4 aromatic heterocycles. The van der Waals surface area contributed by atoms with Crippen molar-refractivity contribution in [2.45, 2.75) is 0 Å². The first-order valence-corrected chi connectivity index (χ1v) is 22.2. The van der Waals surface area contributed by atoms with Crippen molar-refractivity contribution in [3.63, 3.8) is 0 Å². The van der Waals surface area contributed by atoms with Crippen LogP contribution in [0.3, 0.4) is 0 Å². The molecule has 0 aliphatic heterocycles. The molecule has 9 aromatic carbocycles. The first-order chi connectivity index (χ1) is 35.8. The zero-order chi connectivity index (χ0) is 49.3. The number of fused-ring (bicyclic) bond motifs is 6. The van der Waals surface area contributed by atoms with Gasteiger partial charge in [0.15, 0.2) is 29.1 Å². The van der Waals surface area contributed by atoms with Gasteiger partial charge in [0.05, 0.1) is 34.6 Å². The topological polar surface area (TPSA) is 87.2 Å². The number of para-hydroxylation sites is 3. The van der Waals surface area contributed by atoms with Gasteiger partial charge >= 0.3 is 0 Å². The zero-order valence-corrected chi connectivity index (χ0v) is 36.1. The zero-order valence-electron chi connectivity index (χ0n) is 41.1. The average molecular weight is 876 g/mol. The highest BCUT2D eigenvalue weighted by Crippen LogP contribution is 2.41. The molecule has 0 atom stereocenters. The standard InChI is InChI=1S/C60H38N8/c1-5-20-39(21-6-1)44-31-19-35-53-54(44)47-30-15-18-34-51(47)68(53)60-65-57(42-26-11-4-12-27-42)62-58(66-60)43-36-37-52(67-49-32-16-13-28-45(49)46-29-14-17-33-50(46)67)48(38-43)59-63-55(40-22-7-2-8-23-40)61-56(64-59)41-24-9-3-10-25-41/h1-38H/i1D,5D,6D,20D,21D. The van der Waals surface area contributed by atoms with Gasteiger partial charge in [0.25, 0.3) is 0 Å². The molecule has 0 N–H and O–H groups in total. The van der Waals surface area contributed by atoms with E-state index in [1.54, 1.807) is 6.07 Å². The lowest BCUT2D eigenvalue weighted by atomic mass is 9.99. The van der Waals surface area contributed by atoms with Crippen molar-refractivity contribution < 1.29 is 6.85 Å². The van der Waals surface area contributed by atoms with Gasteiger partial charge in [-0.1, -0.05) is 188 Å². The van der Waals surface area contributed by atoms with E-state index in [1.165, 1.54) is 0 Å². The van der Waals surface area contributed by atoms with Crippen LogP contribution in [0.4, 0.5) is 0 Å².